The zero-order valence-corrected chi connectivity index (χ0v) is 9.92. The van der Waals surface area contributed by atoms with Gasteiger partial charge in [0.15, 0.2) is 0 Å². The molecule has 0 aliphatic carbocycles. The Kier molecular flexibility index (Phi) is 7.20. The molecule has 14 heavy (non-hydrogen) atoms. The van der Waals surface area contributed by atoms with Gasteiger partial charge in [0, 0.05) is 12.5 Å². The maximum absolute atomic E-state index is 10.4. The highest BCUT2D eigenvalue weighted by molar-refractivity contribution is 4.85. The Bertz CT molecular complexity index is 128. The van der Waals surface area contributed by atoms with Crippen molar-refractivity contribution in [1.82, 2.24) is 0 Å². The van der Waals surface area contributed by atoms with Gasteiger partial charge in [0.1, 0.15) is 0 Å². The quantitative estimate of drug-likeness (QED) is 0.635. The Balaban J connectivity index is 4.39. The third-order valence-corrected chi connectivity index (χ3v) is 2.98. The molecule has 0 aromatic rings. The first-order chi connectivity index (χ1) is 6.64. The summed E-state index contributed by atoms with van der Waals surface area (Å²) in [6.45, 7) is 6.38. The maximum atomic E-state index is 10.4. The standard InChI is InChI=1S/C12H26O2/c1-4-7-11(10-13)12(14,8-5-2)9-6-3/h11,13-14H,4-10H2,1-3H3. The molecule has 0 saturated heterocycles. The SMILES string of the molecule is CCCC(CO)C(O)(CCC)CCC. The summed E-state index contributed by atoms with van der Waals surface area (Å²) in [5, 5.41) is 19.7. The molecule has 0 radical (unpaired) electrons. The van der Waals surface area contributed by atoms with E-state index in [2.05, 4.69) is 20.8 Å². The van der Waals surface area contributed by atoms with E-state index in [-0.39, 0.29) is 12.5 Å². The van der Waals surface area contributed by atoms with E-state index < -0.39 is 5.60 Å². The first kappa shape index (κ1) is 13.9. The van der Waals surface area contributed by atoms with E-state index >= 15 is 0 Å². The highest BCUT2D eigenvalue weighted by Crippen LogP contribution is 2.31. The Morgan fingerprint density at radius 3 is 1.79 bits per heavy atom. The van der Waals surface area contributed by atoms with Crippen molar-refractivity contribution in [1.29, 1.82) is 0 Å². The minimum atomic E-state index is -0.631. The van der Waals surface area contributed by atoms with E-state index in [0.29, 0.717) is 0 Å². The first-order valence-corrected chi connectivity index (χ1v) is 5.97. The van der Waals surface area contributed by atoms with Crippen LogP contribution in [-0.4, -0.2) is 22.4 Å². The number of rotatable bonds is 8. The lowest BCUT2D eigenvalue weighted by atomic mass is 9.78. The molecule has 0 aliphatic rings. The van der Waals surface area contributed by atoms with Crippen LogP contribution in [0.15, 0.2) is 0 Å². The topological polar surface area (TPSA) is 40.5 Å². The van der Waals surface area contributed by atoms with Crippen molar-refractivity contribution in [3.8, 4) is 0 Å². The second-order valence-corrected chi connectivity index (χ2v) is 4.27. The summed E-state index contributed by atoms with van der Waals surface area (Å²) in [4.78, 5) is 0. The van der Waals surface area contributed by atoms with E-state index in [0.717, 1.165) is 38.5 Å². The molecule has 0 heterocycles. The Hall–Kier alpha value is -0.0800. The van der Waals surface area contributed by atoms with Crippen molar-refractivity contribution in [2.75, 3.05) is 6.61 Å². The van der Waals surface area contributed by atoms with Crippen LogP contribution in [0.2, 0.25) is 0 Å². The van der Waals surface area contributed by atoms with E-state index in [1.54, 1.807) is 0 Å². The molecule has 0 aliphatic heterocycles. The molecule has 1 atom stereocenters. The van der Waals surface area contributed by atoms with Crippen LogP contribution in [0, 0.1) is 5.92 Å². The van der Waals surface area contributed by atoms with Crippen molar-refractivity contribution in [2.45, 2.75) is 64.9 Å². The van der Waals surface area contributed by atoms with E-state index in [1.807, 2.05) is 0 Å². The summed E-state index contributed by atoms with van der Waals surface area (Å²) in [6.07, 6.45) is 5.54. The highest BCUT2D eigenvalue weighted by Gasteiger charge is 2.33. The van der Waals surface area contributed by atoms with Gasteiger partial charge in [-0.05, 0) is 19.3 Å². The van der Waals surface area contributed by atoms with E-state index in [1.165, 1.54) is 0 Å². The average Bonchev–Trinajstić information content (AvgIpc) is 2.14. The lowest BCUT2D eigenvalue weighted by molar-refractivity contribution is -0.0571. The second-order valence-electron chi connectivity index (χ2n) is 4.27. The monoisotopic (exact) mass is 202 g/mol. The molecule has 86 valence electrons. The molecule has 0 saturated carbocycles. The number of aliphatic hydroxyl groups excluding tert-OH is 1. The fourth-order valence-electron chi connectivity index (χ4n) is 2.28. The van der Waals surface area contributed by atoms with Gasteiger partial charge >= 0.3 is 0 Å². The number of hydrogen-bond donors (Lipinski definition) is 2. The fourth-order valence-corrected chi connectivity index (χ4v) is 2.28. The van der Waals surface area contributed by atoms with Crippen molar-refractivity contribution < 1.29 is 10.2 Å². The summed E-state index contributed by atoms with van der Waals surface area (Å²) < 4.78 is 0. The molecule has 0 bridgehead atoms. The molecule has 0 amide bonds. The number of hydrogen-bond acceptors (Lipinski definition) is 2. The van der Waals surface area contributed by atoms with E-state index in [4.69, 9.17) is 0 Å². The molecule has 1 unspecified atom stereocenters. The molecule has 2 nitrogen and oxygen atoms in total. The van der Waals surface area contributed by atoms with Crippen LogP contribution in [0.3, 0.4) is 0 Å². The third kappa shape index (κ3) is 3.97. The van der Waals surface area contributed by atoms with Crippen LogP contribution in [-0.2, 0) is 0 Å². The molecule has 0 fully saturated rings. The minimum Gasteiger partial charge on any atom is -0.396 e. The van der Waals surface area contributed by atoms with Crippen molar-refractivity contribution in [2.24, 2.45) is 5.92 Å². The predicted octanol–water partition coefficient (Wildman–Crippen LogP) is 2.73. The van der Waals surface area contributed by atoms with Gasteiger partial charge in [0.05, 0.1) is 5.60 Å². The van der Waals surface area contributed by atoms with Crippen LogP contribution >= 0.6 is 0 Å². The highest BCUT2D eigenvalue weighted by atomic mass is 16.3. The van der Waals surface area contributed by atoms with Crippen LogP contribution in [0.4, 0.5) is 0 Å². The Morgan fingerprint density at radius 2 is 1.50 bits per heavy atom. The van der Waals surface area contributed by atoms with Gasteiger partial charge in [0.2, 0.25) is 0 Å². The lowest BCUT2D eigenvalue weighted by Gasteiger charge is -2.35. The normalized spacial score (nSPS) is 14.4. The number of aliphatic hydroxyl groups is 2. The van der Waals surface area contributed by atoms with Gasteiger partial charge in [-0.1, -0.05) is 40.0 Å². The molecule has 0 rings (SSSR count). The summed E-state index contributed by atoms with van der Waals surface area (Å²) in [6, 6.07) is 0. The van der Waals surface area contributed by atoms with Crippen LogP contribution in [0.5, 0.6) is 0 Å². The fraction of sp³-hybridized carbons (Fsp3) is 1.00. The molecular weight excluding hydrogens is 176 g/mol. The molecule has 0 spiro atoms. The largest absolute Gasteiger partial charge is 0.396 e. The van der Waals surface area contributed by atoms with Crippen LogP contribution < -0.4 is 0 Å². The zero-order chi connectivity index (χ0) is 11.0. The van der Waals surface area contributed by atoms with Crippen molar-refractivity contribution >= 4 is 0 Å². The smallest absolute Gasteiger partial charge is 0.0697 e. The lowest BCUT2D eigenvalue weighted by Crippen LogP contribution is -2.39. The van der Waals surface area contributed by atoms with Gasteiger partial charge in [-0.25, -0.2) is 0 Å². The minimum absolute atomic E-state index is 0.0624. The van der Waals surface area contributed by atoms with E-state index in [9.17, 15) is 10.2 Å². The van der Waals surface area contributed by atoms with Crippen molar-refractivity contribution in [3.63, 3.8) is 0 Å². The second kappa shape index (κ2) is 7.24. The van der Waals surface area contributed by atoms with Gasteiger partial charge in [-0.3, -0.25) is 0 Å². The Labute approximate surface area is 88.3 Å². The van der Waals surface area contributed by atoms with Gasteiger partial charge in [-0.15, -0.1) is 0 Å². The third-order valence-electron chi connectivity index (χ3n) is 2.98. The van der Waals surface area contributed by atoms with Gasteiger partial charge in [0.25, 0.3) is 0 Å². The molecule has 2 heteroatoms. The molecular formula is C12H26O2. The van der Waals surface area contributed by atoms with Crippen LogP contribution in [0.1, 0.15) is 59.3 Å². The summed E-state index contributed by atoms with van der Waals surface area (Å²) in [7, 11) is 0. The average molecular weight is 202 g/mol. The first-order valence-electron chi connectivity index (χ1n) is 5.97. The van der Waals surface area contributed by atoms with Gasteiger partial charge in [-0.2, -0.15) is 0 Å². The molecule has 0 aromatic heterocycles. The molecule has 2 N–H and O–H groups in total. The summed E-state index contributed by atoms with van der Waals surface area (Å²) in [5.74, 6) is 0.0624. The molecule has 0 aromatic carbocycles. The predicted molar refractivity (Wildman–Crippen MR) is 60.2 cm³/mol. The van der Waals surface area contributed by atoms with Gasteiger partial charge < -0.3 is 10.2 Å². The van der Waals surface area contributed by atoms with Crippen molar-refractivity contribution in [3.05, 3.63) is 0 Å². The van der Waals surface area contributed by atoms with Crippen LogP contribution in [0.25, 0.3) is 0 Å². The maximum Gasteiger partial charge on any atom is 0.0697 e. The summed E-state index contributed by atoms with van der Waals surface area (Å²) in [5.41, 5.74) is -0.631. The Morgan fingerprint density at radius 1 is 1.00 bits per heavy atom. The summed E-state index contributed by atoms with van der Waals surface area (Å²) >= 11 is 0. The zero-order valence-electron chi connectivity index (χ0n) is 9.92.